The van der Waals surface area contributed by atoms with Crippen LogP contribution in [-0.2, 0) is 14.9 Å². The molecule has 0 saturated carbocycles. The highest BCUT2D eigenvalue weighted by molar-refractivity contribution is 7.90. The van der Waals surface area contributed by atoms with Gasteiger partial charge >= 0.3 is 16.2 Å². The summed E-state index contributed by atoms with van der Waals surface area (Å²) in [6, 6.07) is 3.82. The van der Waals surface area contributed by atoms with Crippen LogP contribution in [0.15, 0.2) is 18.2 Å². The number of carbonyl (C=O) groups is 1. The van der Waals surface area contributed by atoms with Gasteiger partial charge < -0.3 is 9.84 Å². The molecule has 0 aliphatic carbocycles. The van der Waals surface area contributed by atoms with Crippen LogP contribution >= 0.6 is 11.6 Å². The summed E-state index contributed by atoms with van der Waals surface area (Å²) in [4.78, 5) is 10.9. The fourth-order valence-electron chi connectivity index (χ4n) is 1.73. The zero-order chi connectivity index (χ0) is 14.8. The molecule has 0 atom stereocenters. The molecule has 1 aromatic carbocycles. The summed E-state index contributed by atoms with van der Waals surface area (Å²) < 4.78 is 32.9. The fraction of sp³-hybridized carbons (Fsp3) is 0.364. The van der Waals surface area contributed by atoms with Gasteiger partial charge in [-0.25, -0.2) is 4.79 Å². The van der Waals surface area contributed by atoms with Gasteiger partial charge in [-0.2, -0.15) is 12.7 Å². The van der Waals surface area contributed by atoms with Gasteiger partial charge in [0.05, 0.1) is 29.5 Å². The van der Waals surface area contributed by atoms with E-state index in [2.05, 4.69) is 4.72 Å². The van der Waals surface area contributed by atoms with Gasteiger partial charge in [0.1, 0.15) is 0 Å². The third-order valence-corrected chi connectivity index (χ3v) is 4.61. The number of hydrogen-bond acceptors (Lipinski definition) is 4. The Morgan fingerprint density at radius 2 is 2.00 bits per heavy atom. The minimum atomic E-state index is -3.78. The van der Waals surface area contributed by atoms with Gasteiger partial charge in [-0.3, -0.25) is 4.72 Å². The van der Waals surface area contributed by atoms with E-state index in [1.807, 2.05) is 0 Å². The Morgan fingerprint density at radius 3 is 2.60 bits per heavy atom. The highest BCUT2D eigenvalue weighted by Gasteiger charge is 2.25. The fourth-order valence-corrected chi connectivity index (χ4v) is 3.15. The Labute approximate surface area is 121 Å². The van der Waals surface area contributed by atoms with E-state index >= 15 is 0 Å². The van der Waals surface area contributed by atoms with Gasteiger partial charge in [-0.05, 0) is 18.2 Å². The van der Waals surface area contributed by atoms with E-state index in [1.165, 1.54) is 22.5 Å². The molecule has 2 N–H and O–H groups in total. The number of anilines is 1. The summed E-state index contributed by atoms with van der Waals surface area (Å²) in [6.45, 7) is 1.13. The van der Waals surface area contributed by atoms with Crippen molar-refractivity contribution >= 4 is 33.5 Å². The molecule has 1 aliphatic rings. The van der Waals surface area contributed by atoms with Crippen LogP contribution in [0.1, 0.15) is 10.4 Å². The second kappa shape index (κ2) is 5.96. The molecule has 0 unspecified atom stereocenters. The summed E-state index contributed by atoms with van der Waals surface area (Å²) >= 11 is 5.88. The Hall–Kier alpha value is -1.35. The van der Waals surface area contributed by atoms with Crippen LogP contribution in [0.4, 0.5) is 5.69 Å². The van der Waals surface area contributed by atoms with Crippen LogP contribution < -0.4 is 4.72 Å². The molecular formula is C11H13ClN2O5S. The third kappa shape index (κ3) is 3.40. The quantitative estimate of drug-likeness (QED) is 0.863. The first kappa shape index (κ1) is 15.0. The monoisotopic (exact) mass is 320 g/mol. The molecule has 0 radical (unpaired) electrons. The standard InChI is InChI=1S/C11H13ClN2O5S/c12-9-2-1-8(11(15)16)7-10(9)13-20(17,18)14-3-5-19-6-4-14/h1-2,7,13H,3-6H2,(H,15,16). The number of aromatic carboxylic acids is 1. The average molecular weight is 321 g/mol. The topological polar surface area (TPSA) is 95.9 Å². The van der Waals surface area contributed by atoms with Gasteiger partial charge in [-0.1, -0.05) is 11.6 Å². The molecule has 7 nitrogen and oxygen atoms in total. The first-order chi connectivity index (χ1) is 9.40. The zero-order valence-electron chi connectivity index (χ0n) is 10.4. The molecule has 1 fully saturated rings. The van der Waals surface area contributed by atoms with Crippen molar-refractivity contribution in [1.82, 2.24) is 4.31 Å². The number of hydrogen-bond donors (Lipinski definition) is 2. The van der Waals surface area contributed by atoms with Crippen molar-refractivity contribution in [2.24, 2.45) is 0 Å². The highest BCUT2D eigenvalue weighted by Crippen LogP contribution is 2.25. The van der Waals surface area contributed by atoms with Crippen molar-refractivity contribution in [3.63, 3.8) is 0 Å². The molecule has 1 aromatic rings. The van der Waals surface area contributed by atoms with Gasteiger partial charge in [-0.15, -0.1) is 0 Å². The maximum Gasteiger partial charge on any atom is 0.335 e. The van der Waals surface area contributed by atoms with Crippen molar-refractivity contribution in [3.05, 3.63) is 28.8 Å². The van der Waals surface area contributed by atoms with Crippen LogP contribution in [-0.4, -0.2) is 50.1 Å². The first-order valence-corrected chi connectivity index (χ1v) is 7.60. The van der Waals surface area contributed by atoms with Crippen LogP contribution in [0, 0.1) is 0 Å². The van der Waals surface area contributed by atoms with Crippen molar-refractivity contribution < 1.29 is 23.1 Å². The number of ether oxygens (including phenoxy) is 1. The van der Waals surface area contributed by atoms with E-state index in [0.29, 0.717) is 13.2 Å². The predicted molar refractivity (Wildman–Crippen MR) is 73.3 cm³/mol. The van der Waals surface area contributed by atoms with Gasteiger partial charge in [0.15, 0.2) is 0 Å². The van der Waals surface area contributed by atoms with Crippen LogP contribution in [0.2, 0.25) is 5.02 Å². The lowest BCUT2D eigenvalue weighted by atomic mass is 10.2. The molecule has 2 rings (SSSR count). The molecule has 0 spiro atoms. The van der Waals surface area contributed by atoms with Crippen LogP contribution in [0.5, 0.6) is 0 Å². The SMILES string of the molecule is O=C(O)c1ccc(Cl)c(NS(=O)(=O)N2CCOCC2)c1. The zero-order valence-corrected chi connectivity index (χ0v) is 11.9. The number of carboxylic acids is 1. The molecular weight excluding hydrogens is 308 g/mol. The Morgan fingerprint density at radius 1 is 1.35 bits per heavy atom. The highest BCUT2D eigenvalue weighted by atomic mass is 35.5. The molecule has 0 bridgehead atoms. The maximum absolute atomic E-state index is 12.1. The Balaban J connectivity index is 2.24. The summed E-state index contributed by atoms with van der Waals surface area (Å²) in [5, 5.41) is 9.03. The van der Waals surface area contributed by atoms with E-state index in [1.54, 1.807) is 0 Å². The van der Waals surface area contributed by atoms with Crippen molar-refractivity contribution in [2.45, 2.75) is 0 Å². The molecule has 0 amide bonds. The summed E-state index contributed by atoms with van der Waals surface area (Å²) in [6.07, 6.45) is 0. The van der Waals surface area contributed by atoms with Crippen molar-refractivity contribution in [3.8, 4) is 0 Å². The largest absolute Gasteiger partial charge is 0.478 e. The summed E-state index contributed by atoms with van der Waals surface area (Å²) in [5.74, 6) is -1.16. The maximum atomic E-state index is 12.1. The van der Waals surface area contributed by atoms with Crippen molar-refractivity contribution in [1.29, 1.82) is 0 Å². The van der Waals surface area contributed by atoms with Gasteiger partial charge in [0.2, 0.25) is 0 Å². The Bertz CT molecular complexity index is 613. The first-order valence-electron chi connectivity index (χ1n) is 5.78. The molecule has 1 aliphatic heterocycles. The van der Waals surface area contributed by atoms with Gasteiger partial charge in [0.25, 0.3) is 0 Å². The number of rotatable bonds is 4. The lowest BCUT2D eigenvalue weighted by Crippen LogP contribution is -2.43. The number of nitrogens with one attached hydrogen (secondary N) is 1. The number of morpholine rings is 1. The van der Waals surface area contributed by atoms with E-state index in [4.69, 9.17) is 21.4 Å². The minimum Gasteiger partial charge on any atom is -0.478 e. The lowest BCUT2D eigenvalue weighted by molar-refractivity contribution is 0.0697. The lowest BCUT2D eigenvalue weighted by Gasteiger charge is -2.26. The molecule has 0 aromatic heterocycles. The van der Waals surface area contributed by atoms with Crippen LogP contribution in [0.3, 0.4) is 0 Å². The normalized spacial score (nSPS) is 16.9. The average Bonchev–Trinajstić information content (AvgIpc) is 2.42. The number of halogens is 1. The summed E-state index contributed by atoms with van der Waals surface area (Å²) in [7, 11) is -3.78. The second-order valence-electron chi connectivity index (χ2n) is 4.12. The predicted octanol–water partition coefficient (Wildman–Crippen LogP) is 1.03. The molecule has 1 saturated heterocycles. The number of benzene rings is 1. The van der Waals surface area contributed by atoms with Crippen molar-refractivity contribution in [2.75, 3.05) is 31.0 Å². The van der Waals surface area contributed by atoms with E-state index in [-0.39, 0.29) is 29.4 Å². The van der Waals surface area contributed by atoms with Gasteiger partial charge in [0, 0.05) is 13.1 Å². The summed E-state index contributed by atoms with van der Waals surface area (Å²) in [5.41, 5.74) is -0.00728. The number of carboxylic acid groups (broad SMARTS) is 1. The molecule has 20 heavy (non-hydrogen) atoms. The van der Waals surface area contributed by atoms with E-state index in [9.17, 15) is 13.2 Å². The number of nitrogens with zero attached hydrogens (tertiary/aromatic N) is 1. The Kier molecular flexibility index (Phi) is 4.48. The second-order valence-corrected chi connectivity index (χ2v) is 6.20. The smallest absolute Gasteiger partial charge is 0.335 e. The van der Waals surface area contributed by atoms with E-state index < -0.39 is 16.2 Å². The molecule has 9 heteroatoms. The minimum absolute atomic E-state index is 0.0399. The third-order valence-electron chi connectivity index (χ3n) is 2.76. The molecule has 110 valence electrons. The van der Waals surface area contributed by atoms with Crippen LogP contribution in [0.25, 0.3) is 0 Å². The molecule has 1 heterocycles. The van der Waals surface area contributed by atoms with E-state index in [0.717, 1.165) is 0 Å².